The topological polar surface area (TPSA) is 9.23 Å². The summed E-state index contributed by atoms with van der Waals surface area (Å²) in [5.74, 6) is 1.54. The Morgan fingerprint density at radius 1 is 0.977 bits per heavy atom. The minimum atomic E-state index is -0.287. The minimum absolute atomic E-state index is 0.254. The molecule has 0 saturated heterocycles. The monoisotopic (exact) mass is 602 g/mol. The Labute approximate surface area is 267 Å². The van der Waals surface area contributed by atoms with Gasteiger partial charge in [-0.3, -0.25) is 0 Å². The lowest BCUT2D eigenvalue weighted by molar-refractivity contribution is 0.210. The first-order chi connectivity index (χ1) is 21.2. The first-order valence-electron chi connectivity index (χ1n) is 16.7. The van der Waals surface area contributed by atoms with E-state index in [1.165, 1.54) is 50.2 Å². The van der Waals surface area contributed by atoms with Crippen molar-refractivity contribution in [2.24, 2.45) is 5.92 Å². The van der Waals surface area contributed by atoms with Gasteiger partial charge in [0.25, 0.3) is 0 Å². The Morgan fingerprint density at radius 2 is 1.77 bits per heavy atom. The molecule has 1 aromatic carbocycles. The molecule has 1 aliphatic rings. The fraction of sp³-hybridized carbons (Fsp3) is 0.463. The number of halogens is 2. The maximum Gasteiger partial charge on any atom is 0.122 e. The molecular weight excluding hydrogens is 546 g/mol. The van der Waals surface area contributed by atoms with Crippen LogP contribution in [0.5, 0.6) is 0 Å². The van der Waals surface area contributed by atoms with Crippen LogP contribution in [0.15, 0.2) is 114 Å². The zero-order chi connectivity index (χ0) is 32.3. The highest BCUT2D eigenvalue weighted by molar-refractivity contribution is 5.49. The lowest BCUT2D eigenvalue weighted by Crippen LogP contribution is -2.04. The van der Waals surface area contributed by atoms with Crippen molar-refractivity contribution in [1.82, 2.24) is 0 Å². The average Bonchev–Trinajstić information content (AvgIpc) is 3.21. The number of allylic oxidation sites excluding steroid dienone is 14. The van der Waals surface area contributed by atoms with Crippen molar-refractivity contribution in [3.05, 3.63) is 130 Å². The van der Waals surface area contributed by atoms with Crippen LogP contribution in [-0.4, -0.2) is 0 Å². The van der Waals surface area contributed by atoms with E-state index in [1.54, 1.807) is 31.2 Å². The van der Waals surface area contributed by atoms with E-state index in [1.807, 2.05) is 31.2 Å². The van der Waals surface area contributed by atoms with Crippen LogP contribution in [0.1, 0.15) is 122 Å². The van der Waals surface area contributed by atoms with Gasteiger partial charge in [-0.1, -0.05) is 108 Å². The molecule has 0 heterocycles. The third-order valence-electron chi connectivity index (χ3n) is 8.17. The van der Waals surface area contributed by atoms with E-state index in [-0.39, 0.29) is 11.7 Å². The van der Waals surface area contributed by atoms with Crippen LogP contribution < -0.4 is 0 Å². The van der Waals surface area contributed by atoms with Crippen LogP contribution in [0.25, 0.3) is 0 Å². The summed E-state index contributed by atoms with van der Waals surface area (Å²) >= 11 is 0. The van der Waals surface area contributed by atoms with Gasteiger partial charge in [0, 0.05) is 0 Å². The van der Waals surface area contributed by atoms with Crippen molar-refractivity contribution in [2.75, 3.05) is 0 Å². The Morgan fingerprint density at radius 3 is 2.45 bits per heavy atom. The molecule has 240 valence electrons. The molecule has 0 radical (unpaired) electrons. The number of benzene rings is 1. The maximum absolute atomic E-state index is 14.6. The molecule has 3 heteroatoms. The smallest absolute Gasteiger partial charge is 0.122 e. The van der Waals surface area contributed by atoms with Gasteiger partial charge in [0.15, 0.2) is 0 Å². The second kappa shape index (κ2) is 20.7. The van der Waals surface area contributed by atoms with Crippen molar-refractivity contribution in [2.45, 2.75) is 118 Å². The molecule has 1 nitrogen and oxygen atoms in total. The molecule has 2 unspecified atom stereocenters. The predicted molar refractivity (Wildman–Crippen MR) is 187 cm³/mol. The Kier molecular flexibility index (Phi) is 17.4. The highest BCUT2D eigenvalue weighted by Gasteiger charge is 2.20. The zero-order valence-corrected chi connectivity index (χ0v) is 28.2. The van der Waals surface area contributed by atoms with Gasteiger partial charge in [-0.05, 0) is 122 Å². The highest BCUT2D eigenvalue weighted by Crippen LogP contribution is 2.36. The van der Waals surface area contributed by atoms with Gasteiger partial charge in [0.05, 0.1) is 5.83 Å². The van der Waals surface area contributed by atoms with Crippen LogP contribution in [0.4, 0.5) is 8.78 Å². The quantitative estimate of drug-likeness (QED) is 0.104. The molecule has 1 aliphatic carbocycles. The molecule has 0 aromatic heterocycles. The van der Waals surface area contributed by atoms with E-state index in [0.29, 0.717) is 30.3 Å². The summed E-state index contributed by atoms with van der Waals surface area (Å²) in [5, 5.41) is 0. The van der Waals surface area contributed by atoms with Gasteiger partial charge >= 0.3 is 0 Å². The molecule has 1 fully saturated rings. The normalized spacial score (nSPS) is 19.8. The summed E-state index contributed by atoms with van der Waals surface area (Å²) in [4.78, 5) is 0. The van der Waals surface area contributed by atoms with Crippen molar-refractivity contribution in [3.8, 4) is 0 Å². The van der Waals surface area contributed by atoms with Crippen molar-refractivity contribution >= 4 is 0 Å². The molecular formula is C41H56F2O. The van der Waals surface area contributed by atoms with E-state index >= 15 is 0 Å². The molecule has 0 spiro atoms. The molecule has 0 bridgehead atoms. The van der Waals surface area contributed by atoms with Gasteiger partial charge in [0.2, 0.25) is 0 Å². The van der Waals surface area contributed by atoms with Crippen LogP contribution in [0.2, 0.25) is 0 Å². The summed E-state index contributed by atoms with van der Waals surface area (Å²) in [6.07, 6.45) is 26.9. The molecule has 2 atom stereocenters. The second-order valence-electron chi connectivity index (χ2n) is 12.1. The third-order valence-corrected chi connectivity index (χ3v) is 8.17. The largest absolute Gasteiger partial charge is 0.489 e. The molecule has 2 rings (SSSR count). The summed E-state index contributed by atoms with van der Waals surface area (Å²) in [6.45, 7) is 15.9. The van der Waals surface area contributed by atoms with E-state index in [9.17, 15) is 8.78 Å². The molecule has 0 amide bonds. The first-order valence-corrected chi connectivity index (χ1v) is 16.7. The molecule has 44 heavy (non-hydrogen) atoms. The van der Waals surface area contributed by atoms with E-state index in [0.717, 1.165) is 48.3 Å². The molecule has 0 aliphatic heterocycles. The van der Waals surface area contributed by atoms with Crippen molar-refractivity contribution in [1.29, 1.82) is 0 Å². The summed E-state index contributed by atoms with van der Waals surface area (Å²) in [7, 11) is 0. The number of rotatable bonds is 16. The standard InChI is InChI=1S/C41H56F2O/c1-8-12-19-37(27-33(7)42)36(16-10-3)29-39(21-14-22-41(43)32(6)15-9-2)44-30-34-24-26-40(38(28-34)17-11-4)35-20-13-18-31(5)23-25-35/h9-10,15-16,19,21-22,24,26-29,31,35H,2,8,11-14,17-18,20,23,25,30H2,1,3-7H3/b16-10-,32-15-,33-27+,36-29+,37-19+,39-21-,41-22+. The van der Waals surface area contributed by atoms with Gasteiger partial charge in [-0.25, -0.2) is 8.78 Å². The summed E-state index contributed by atoms with van der Waals surface area (Å²) in [6, 6.07) is 6.87. The van der Waals surface area contributed by atoms with E-state index in [4.69, 9.17) is 4.74 Å². The van der Waals surface area contributed by atoms with Gasteiger partial charge in [-0.15, -0.1) is 0 Å². The van der Waals surface area contributed by atoms with Gasteiger partial charge in [-0.2, -0.15) is 0 Å². The third kappa shape index (κ3) is 13.2. The first kappa shape index (κ1) is 37.0. The lowest BCUT2D eigenvalue weighted by Gasteiger charge is -2.20. The van der Waals surface area contributed by atoms with E-state index < -0.39 is 0 Å². The summed E-state index contributed by atoms with van der Waals surface area (Å²) < 4.78 is 35.1. The molecule has 0 N–H and O–H groups in total. The average molecular weight is 603 g/mol. The number of hydrogen-bond donors (Lipinski definition) is 0. The minimum Gasteiger partial charge on any atom is -0.489 e. The maximum atomic E-state index is 14.6. The number of hydrogen-bond acceptors (Lipinski definition) is 1. The second-order valence-corrected chi connectivity index (χ2v) is 12.1. The fourth-order valence-corrected chi connectivity index (χ4v) is 5.79. The lowest BCUT2D eigenvalue weighted by atomic mass is 9.86. The van der Waals surface area contributed by atoms with Crippen LogP contribution >= 0.6 is 0 Å². The van der Waals surface area contributed by atoms with Gasteiger partial charge < -0.3 is 4.74 Å². The SMILES string of the molecule is C=C/C=C(C)\C(F)=C/C/C=C(/C=C(\C=C/C)C(/C=C(\C)F)=C/CCC)OCc1ccc(C2CCCC(C)CC2)c(CCC)c1. The number of unbranched alkanes of at least 4 members (excludes halogenated alkanes) is 1. The molecule has 1 aromatic rings. The van der Waals surface area contributed by atoms with Gasteiger partial charge in [0.1, 0.15) is 18.2 Å². The number of aryl methyl sites for hydroxylation is 1. The van der Waals surface area contributed by atoms with E-state index in [2.05, 4.69) is 51.6 Å². The fourth-order valence-electron chi connectivity index (χ4n) is 5.79. The Balaban J connectivity index is 2.46. The zero-order valence-electron chi connectivity index (χ0n) is 28.2. The molecule has 1 saturated carbocycles. The van der Waals surface area contributed by atoms with Crippen molar-refractivity contribution < 1.29 is 13.5 Å². The van der Waals surface area contributed by atoms with Crippen molar-refractivity contribution in [3.63, 3.8) is 0 Å². The highest BCUT2D eigenvalue weighted by atomic mass is 19.1. The Bertz CT molecular complexity index is 1260. The van der Waals surface area contributed by atoms with Crippen LogP contribution in [0, 0.1) is 5.92 Å². The van der Waals surface area contributed by atoms with Crippen LogP contribution in [-0.2, 0) is 17.8 Å². The predicted octanol–water partition coefficient (Wildman–Crippen LogP) is 13.2. The Hall–Kier alpha value is -3.20. The number of ether oxygens (including phenoxy) is 1. The van der Waals surface area contributed by atoms with Crippen LogP contribution in [0.3, 0.4) is 0 Å². The summed E-state index contributed by atoms with van der Waals surface area (Å²) in [5.41, 5.74) is 6.25.